The molecule has 114 valence electrons. The molecular formula is C18H29ClO. The highest BCUT2D eigenvalue weighted by Gasteiger charge is 2.45. The van der Waals surface area contributed by atoms with E-state index in [9.17, 15) is 4.79 Å². The van der Waals surface area contributed by atoms with Crippen molar-refractivity contribution >= 4 is 17.4 Å². The van der Waals surface area contributed by atoms with E-state index in [-0.39, 0.29) is 22.0 Å². The average Bonchev–Trinajstić information content (AvgIpc) is 2.16. The Morgan fingerprint density at radius 3 is 1.30 bits per heavy atom. The topological polar surface area (TPSA) is 17.1 Å². The molecule has 0 saturated heterocycles. The zero-order valence-corrected chi connectivity index (χ0v) is 15.2. The first-order valence-electron chi connectivity index (χ1n) is 7.30. The molecule has 0 aromatic heterocycles. The number of carbonyl (C=O) groups is 1. The van der Waals surface area contributed by atoms with Gasteiger partial charge in [0.15, 0.2) is 5.78 Å². The maximum absolute atomic E-state index is 12.8. The molecule has 0 aromatic carbocycles. The van der Waals surface area contributed by atoms with Gasteiger partial charge in [0, 0.05) is 11.1 Å². The normalized spacial score (nSPS) is 20.6. The Balaban J connectivity index is 3.58. The van der Waals surface area contributed by atoms with Gasteiger partial charge in [-0.3, -0.25) is 4.79 Å². The summed E-state index contributed by atoms with van der Waals surface area (Å²) in [7, 11) is 0. The van der Waals surface area contributed by atoms with E-state index in [0.717, 1.165) is 11.1 Å². The van der Waals surface area contributed by atoms with Gasteiger partial charge in [0.2, 0.25) is 0 Å². The van der Waals surface area contributed by atoms with Crippen molar-refractivity contribution in [1.29, 1.82) is 0 Å². The molecule has 0 unspecified atom stereocenters. The van der Waals surface area contributed by atoms with E-state index >= 15 is 0 Å². The van der Waals surface area contributed by atoms with Crippen molar-refractivity contribution in [2.45, 2.75) is 67.2 Å². The van der Waals surface area contributed by atoms with Gasteiger partial charge in [-0.05, 0) is 16.2 Å². The van der Waals surface area contributed by atoms with Crippen LogP contribution in [0, 0.1) is 16.2 Å². The Bertz CT molecular complexity index is 439. The van der Waals surface area contributed by atoms with Crippen LogP contribution in [0.1, 0.15) is 62.3 Å². The smallest absolute Gasteiger partial charge is 0.185 e. The SMILES string of the molecule is CC(C)(C)C1=CC(Cl)(C(C)(C)C)C=C(C(C)(C)C)C1=O. The minimum atomic E-state index is -0.619. The standard InChI is InChI=1S/C18H29ClO/c1-15(2,3)12-10-18(19,17(7,8)9)11-13(14(12)20)16(4,5)6/h10-11H,1-9H3. The first-order chi connectivity index (χ1) is 8.59. The molecular weight excluding hydrogens is 268 g/mol. The van der Waals surface area contributed by atoms with Gasteiger partial charge in [0.1, 0.15) is 0 Å². The summed E-state index contributed by atoms with van der Waals surface area (Å²) in [5.41, 5.74) is 1.10. The molecule has 1 aliphatic carbocycles. The monoisotopic (exact) mass is 296 g/mol. The minimum Gasteiger partial charge on any atom is -0.289 e. The quantitative estimate of drug-likeness (QED) is 0.537. The Morgan fingerprint density at radius 1 is 0.800 bits per heavy atom. The number of allylic oxidation sites excluding steroid dienone is 4. The van der Waals surface area contributed by atoms with Gasteiger partial charge in [-0.15, -0.1) is 11.6 Å². The zero-order valence-electron chi connectivity index (χ0n) is 14.4. The fraction of sp³-hybridized carbons (Fsp3) is 0.722. The summed E-state index contributed by atoms with van der Waals surface area (Å²) >= 11 is 6.91. The van der Waals surface area contributed by atoms with Crippen LogP contribution in [0.25, 0.3) is 0 Å². The van der Waals surface area contributed by atoms with Crippen LogP contribution in [-0.4, -0.2) is 10.7 Å². The molecule has 0 fully saturated rings. The summed E-state index contributed by atoms with van der Waals surface area (Å²) in [6.45, 7) is 18.8. The van der Waals surface area contributed by atoms with Gasteiger partial charge in [0.25, 0.3) is 0 Å². The molecule has 0 aliphatic heterocycles. The number of rotatable bonds is 0. The van der Waals surface area contributed by atoms with Crippen molar-refractivity contribution in [3.63, 3.8) is 0 Å². The van der Waals surface area contributed by atoms with Crippen LogP contribution in [-0.2, 0) is 4.79 Å². The molecule has 0 spiro atoms. The van der Waals surface area contributed by atoms with E-state index in [1.165, 1.54) is 0 Å². The lowest BCUT2D eigenvalue weighted by Gasteiger charge is -2.42. The third-order valence-corrected chi connectivity index (χ3v) is 4.75. The van der Waals surface area contributed by atoms with Gasteiger partial charge in [-0.25, -0.2) is 0 Å². The summed E-state index contributed by atoms with van der Waals surface area (Å²) in [5.74, 6) is 0.144. The first-order valence-corrected chi connectivity index (χ1v) is 7.68. The number of Topliss-reactive ketones (excluding diaryl/α,β-unsaturated/α-hetero) is 1. The molecule has 0 N–H and O–H groups in total. The van der Waals surface area contributed by atoms with Crippen molar-refractivity contribution in [2.24, 2.45) is 16.2 Å². The number of carbonyl (C=O) groups excluding carboxylic acids is 1. The molecule has 0 amide bonds. The zero-order chi connectivity index (χ0) is 16.1. The van der Waals surface area contributed by atoms with E-state index < -0.39 is 4.87 Å². The van der Waals surface area contributed by atoms with E-state index in [2.05, 4.69) is 62.3 Å². The van der Waals surface area contributed by atoms with Crippen molar-refractivity contribution < 1.29 is 4.79 Å². The highest BCUT2D eigenvalue weighted by atomic mass is 35.5. The largest absolute Gasteiger partial charge is 0.289 e. The molecule has 1 aliphatic rings. The fourth-order valence-electron chi connectivity index (χ4n) is 2.29. The maximum Gasteiger partial charge on any atom is 0.185 e. The Labute approximate surface area is 129 Å². The van der Waals surface area contributed by atoms with Crippen molar-refractivity contribution in [1.82, 2.24) is 0 Å². The lowest BCUT2D eigenvalue weighted by Crippen LogP contribution is -2.41. The van der Waals surface area contributed by atoms with E-state index in [4.69, 9.17) is 11.6 Å². The Hall–Kier alpha value is -0.560. The van der Waals surface area contributed by atoms with Crippen LogP contribution >= 0.6 is 11.6 Å². The lowest BCUT2D eigenvalue weighted by molar-refractivity contribution is -0.114. The number of halogens is 1. The third-order valence-electron chi connectivity index (χ3n) is 3.96. The lowest BCUT2D eigenvalue weighted by atomic mass is 9.66. The number of hydrogen-bond acceptors (Lipinski definition) is 1. The second-order valence-electron chi connectivity index (χ2n) is 8.96. The summed E-state index contributed by atoms with van der Waals surface area (Å²) in [4.78, 5) is 12.2. The molecule has 0 atom stereocenters. The van der Waals surface area contributed by atoms with Gasteiger partial charge in [0.05, 0.1) is 4.87 Å². The van der Waals surface area contributed by atoms with Crippen molar-refractivity contribution in [2.75, 3.05) is 0 Å². The predicted molar refractivity (Wildman–Crippen MR) is 88.1 cm³/mol. The second kappa shape index (κ2) is 4.73. The summed E-state index contributed by atoms with van der Waals surface area (Å²) < 4.78 is 0. The van der Waals surface area contributed by atoms with Gasteiger partial charge < -0.3 is 0 Å². The fourth-order valence-corrected chi connectivity index (χ4v) is 2.50. The molecule has 0 heterocycles. The van der Waals surface area contributed by atoms with E-state index in [0.29, 0.717) is 0 Å². The molecule has 20 heavy (non-hydrogen) atoms. The molecule has 0 bridgehead atoms. The second-order valence-corrected chi connectivity index (χ2v) is 9.59. The number of ketones is 1. The number of alkyl halides is 1. The van der Waals surface area contributed by atoms with E-state index in [1.807, 2.05) is 12.2 Å². The molecule has 0 saturated carbocycles. The van der Waals surface area contributed by atoms with Gasteiger partial charge >= 0.3 is 0 Å². The summed E-state index contributed by atoms with van der Waals surface area (Å²) in [5, 5.41) is 0. The Kier molecular flexibility index (Phi) is 4.14. The molecule has 1 nitrogen and oxygen atoms in total. The van der Waals surface area contributed by atoms with Crippen LogP contribution in [0.4, 0.5) is 0 Å². The molecule has 2 heteroatoms. The van der Waals surface area contributed by atoms with Crippen LogP contribution in [0.15, 0.2) is 23.3 Å². The molecule has 0 radical (unpaired) electrons. The van der Waals surface area contributed by atoms with Gasteiger partial charge in [-0.2, -0.15) is 0 Å². The van der Waals surface area contributed by atoms with Crippen LogP contribution in [0.3, 0.4) is 0 Å². The third kappa shape index (κ3) is 3.19. The average molecular weight is 297 g/mol. The van der Waals surface area contributed by atoms with Crippen LogP contribution in [0.5, 0.6) is 0 Å². The van der Waals surface area contributed by atoms with E-state index in [1.54, 1.807) is 0 Å². The molecule has 1 rings (SSSR count). The van der Waals surface area contributed by atoms with Crippen molar-refractivity contribution in [3.8, 4) is 0 Å². The minimum absolute atomic E-state index is 0.144. The van der Waals surface area contributed by atoms with Crippen LogP contribution in [0.2, 0.25) is 0 Å². The molecule has 0 aromatic rings. The Morgan fingerprint density at radius 2 is 1.10 bits per heavy atom. The predicted octanol–water partition coefficient (Wildman–Crippen LogP) is 5.54. The summed E-state index contributed by atoms with van der Waals surface area (Å²) in [6.07, 6.45) is 3.96. The summed E-state index contributed by atoms with van der Waals surface area (Å²) in [6, 6.07) is 0. The highest BCUT2D eigenvalue weighted by molar-refractivity contribution is 6.29. The van der Waals surface area contributed by atoms with Crippen molar-refractivity contribution in [3.05, 3.63) is 23.3 Å². The van der Waals surface area contributed by atoms with Crippen LogP contribution < -0.4 is 0 Å². The number of hydrogen-bond donors (Lipinski definition) is 0. The van der Waals surface area contributed by atoms with Gasteiger partial charge in [-0.1, -0.05) is 74.5 Å². The highest BCUT2D eigenvalue weighted by Crippen LogP contribution is 2.48. The maximum atomic E-state index is 12.8. The first kappa shape index (κ1) is 17.5.